The lowest BCUT2D eigenvalue weighted by molar-refractivity contribution is -0.144. The highest BCUT2D eigenvalue weighted by Crippen LogP contribution is 2.28. The first-order chi connectivity index (χ1) is 6.04. The van der Waals surface area contributed by atoms with Crippen LogP contribution in [-0.4, -0.2) is 15.9 Å². The van der Waals surface area contributed by atoms with Crippen molar-refractivity contribution in [3.8, 4) is 12.3 Å². The minimum absolute atomic E-state index is 0.0743. The van der Waals surface area contributed by atoms with Gasteiger partial charge >= 0.3 is 6.18 Å². The van der Waals surface area contributed by atoms with Gasteiger partial charge in [-0.2, -0.15) is 22.5 Å². The van der Waals surface area contributed by atoms with Gasteiger partial charge in [-0.15, -0.1) is 6.42 Å². The van der Waals surface area contributed by atoms with Crippen molar-refractivity contribution in [3.05, 3.63) is 5.82 Å². The number of alkyl halides is 3. The molecule has 0 aliphatic carbocycles. The number of rotatable bonds is 2. The largest absolute Gasteiger partial charge is 0.452 e. The molecule has 13 heavy (non-hydrogen) atoms. The molecule has 0 spiro atoms. The van der Waals surface area contributed by atoms with E-state index in [1.807, 2.05) is 0 Å². The van der Waals surface area contributed by atoms with Gasteiger partial charge < -0.3 is 5.32 Å². The number of hydrogen-bond donors (Lipinski definition) is 1. The van der Waals surface area contributed by atoms with Crippen molar-refractivity contribution in [2.24, 2.45) is 0 Å². The standard InChI is InChI=1S/C6H4F3N3S/c1-2-3-10-5-11-4(12-13-5)6(7,8)9/h1H,3H2,(H,10,11,12). The van der Waals surface area contributed by atoms with Gasteiger partial charge in [-0.3, -0.25) is 0 Å². The molecule has 70 valence electrons. The highest BCUT2D eigenvalue weighted by molar-refractivity contribution is 7.09. The van der Waals surface area contributed by atoms with E-state index in [-0.39, 0.29) is 11.7 Å². The first-order valence-corrected chi connectivity index (χ1v) is 3.89. The highest BCUT2D eigenvalue weighted by Gasteiger charge is 2.35. The fraction of sp³-hybridized carbons (Fsp3) is 0.333. The average molecular weight is 207 g/mol. The third-order valence-corrected chi connectivity index (χ3v) is 1.69. The van der Waals surface area contributed by atoms with Crippen molar-refractivity contribution in [1.82, 2.24) is 9.36 Å². The predicted octanol–water partition coefficient (Wildman–Crippen LogP) is 1.60. The molecule has 1 N–H and O–H groups in total. The van der Waals surface area contributed by atoms with Crippen LogP contribution in [-0.2, 0) is 6.18 Å². The van der Waals surface area contributed by atoms with Crippen LogP contribution in [0.15, 0.2) is 0 Å². The highest BCUT2D eigenvalue weighted by atomic mass is 32.1. The van der Waals surface area contributed by atoms with Gasteiger partial charge in [0.2, 0.25) is 11.0 Å². The Labute approximate surface area is 76.2 Å². The summed E-state index contributed by atoms with van der Waals surface area (Å²) in [5.41, 5.74) is 0. The van der Waals surface area contributed by atoms with Gasteiger partial charge in [-0.05, 0) is 0 Å². The quantitative estimate of drug-likeness (QED) is 0.748. The molecule has 0 aliphatic heterocycles. The Morgan fingerprint density at radius 3 is 2.69 bits per heavy atom. The summed E-state index contributed by atoms with van der Waals surface area (Å²) >= 11 is 0.629. The van der Waals surface area contributed by atoms with Crippen LogP contribution >= 0.6 is 11.5 Å². The normalized spacial score (nSPS) is 10.9. The Morgan fingerprint density at radius 1 is 1.54 bits per heavy atom. The molecule has 0 atom stereocenters. The maximum atomic E-state index is 11.9. The monoisotopic (exact) mass is 207 g/mol. The smallest absolute Gasteiger partial charge is 0.349 e. The molecule has 0 saturated heterocycles. The molecule has 1 heterocycles. The fourth-order valence-electron chi connectivity index (χ4n) is 0.537. The first-order valence-electron chi connectivity index (χ1n) is 3.12. The second-order valence-corrected chi connectivity index (χ2v) is 2.73. The molecule has 7 heteroatoms. The van der Waals surface area contributed by atoms with Crippen molar-refractivity contribution in [2.75, 3.05) is 11.9 Å². The fourth-order valence-corrected chi connectivity index (χ4v) is 1.12. The van der Waals surface area contributed by atoms with Crippen molar-refractivity contribution in [3.63, 3.8) is 0 Å². The summed E-state index contributed by atoms with van der Waals surface area (Å²) in [6, 6.07) is 0. The van der Waals surface area contributed by atoms with Crippen LogP contribution in [0, 0.1) is 12.3 Å². The lowest BCUT2D eigenvalue weighted by atomic mass is 10.6. The van der Waals surface area contributed by atoms with Crippen molar-refractivity contribution < 1.29 is 13.2 Å². The number of anilines is 1. The molecule has 1 rings (SSSR count). The Hall–Kier alpha value is -1.29. The van der Waals surface area contributed by atoms with Gasteiger partial charge in [0.05, 0.1) is 6.54 Å². The first kappa shape index (κ1) is 9.80. The molecule has 0 bridgehead atoms. The van der Waals surface area contributed by atoms with Gasteiger partial charge in [-0.1, -0.05) is 5.92 Å². The summed E-state index contributed by atoms with van der Waals surface area (Å²) in [6.07, 6.45) is 0.397. The molecule has 0 aromatic carbocycles. The molecule has 0 unspecified atom stereocenters. The molecule has 0 saturated carbocycles. The van der Waals surface area contributed by atoms with E-state index in [2.05, 4.69) is 20.6 Å². The topological polar surface area (TPSA) is 37.8 Å². The number of hydrogen-bond acceptors (Lipinski definition) is 4. The van der Waals surface area contributed by atoms with Crippen LogP contribution in [0.25, 0.3) is 0 Å². The van der Waals surface area contributed by atoms with Crippen LogP contribution in [0.4, 0.5) is 18.3 Å². The summed E-state index contributed by atoms with van der Waals surface area (Å²) in [4.78, 5) is 3.19. The molecule has 0 aliphatic rings. The number of aromatic nitrogens is 2. The Balaban J connectivity index is 2.71. The van der Waals surface area contributed by atoms with Crippen LogP contribution in [0.1, 0.15) is 5.82 Å². The lowest BCUT2D eigenvalue weighted by Gasteiger charge is -1.97. The van der Waals surface area contributed by atoms with Crippen molar-refractivity contribution in [2.45, 2.75) is 6.18 Å². The lowest BCUT2D eigenvalue weighted by Crippen LogP contribution is -2.07. The zero-order valence-electron chi connectivity index (χ0n) is 6.22. The van der Waals surface area contributed by atoms with E-state index in [9.17, 15) is 13.2 Å². The molecular formula is C6H4F3N3S. The molecule has 1 aromatic rings. The second-order valence-electron chi connectivity index (χ2n) is 1.98. The molecule has 0 fully saturated rings. The van der Waals surface area contributed by atoms with E-state index in [0.29, 0.717) is 11.5 Å². The summed E-state index contributed by atoms with van der Waals surface area (Å²) in [5, 5.41) is 2.57. The van der Waals surface area contributed by atoms with Crippen LogP contribution in [0.3, 0.4) is 0 Å². The van der Waals surface area contributed by atoms with E-state index in [0.717, 1.165) is 0 Å². The van der Waals surface area contributed by atoms with E-state index in [1.54, 1.807) is 0 Å². The summed E-state index contributed by atoms with van der Waals surface area (Å²) in [6.45, 7) is 0.131. The maximum absolute atomic E-state index is 11.9. The van der Waals surface area contributed by atoms with Gasteiger partial charge in [0, 0.05) is 11.5 Å². The van der Waals surface area contributed by atoms with E-state index in [4.69, 9.17) is 6.42 Å². The average Bonchev–Trinajstić information content (AvgIpc) is 2.47. The molecular weight excluding hydrogens is 203 g/mol. The predicted molar refractivity (Wildman–Crippen MR) is 42.2 cm³/mol. The summed E-state index contributed by atoms with van der Waals surface area (Å²) in [5.74, 6) is 1.07. The number of terminal acetylenes is 1. The molecule has 0 amide bonds. The minimum Gasteiger partial charge on any atom is -0.349 e. The number of nitrogens with one attached hydrogen (secondary N) is 1. The van der Waals surface area contributed by atoms with Crippen molar-refractivity contribution >= 4 is 16.7 Å². The number of halogens is 3. The minimum atomic E-state index is -4.49. The van der Waals surface area contributed by atoms with Gasteiger partial charge in [0.25, 0.3) is 0 Å². The molecule has 1 aromatic heterocycles. The zero-order chi connectivity index (χ0) is 9.90. The van der Waals surface area contributed by atoms with Gasteiger partial charge in [0.1, 0.15) is 0 Å². The molecule has 0 radical (unpaired) electrons. The van der Waals surface area contributed by atoms with E-state index in [1.165, 1.54) is 0 Å². The summed E-state index contributed by atoms with van der Waals surface area (Å²) < 4.78 is 38.9. The Kier molecular flexibility index (Phi) is 2.72. The molecule has 3 nitrogen and oxygen atoms in total. The SMILES string of the molecule is C#CCNc1nc(C(F)(F)F)ns1. The van der Waals surface area contributed by atoms with Gasteiger partial charge in [0.15, 0.2) is 0 Å². The zero-order valence-corrected chi connectivity index (χ0v) is 7.04. The third-order valence-electron chi connectivity index (χ3n) is 1.02. The van der Waals surface area contributed by atoms with Gasteiger partial charge in [-0.25, -0.2) is 0 Å². The van der Waals surface area contributed by atoms with E-state index >= 15 is 0 Å². The summed E-state index contributed by atoms with van der Waals surface area (Å²) in [7, 11) is 0. The van der Waals surface area contributed by atoms with Crippen LogP contribution in [0.5, 0.6) is 0 Å². The van der Waals surface area contributed by atoms with Crippen LogP contribution in [0.2, 0.25) is 0 Å². The third kappa shape index (κ3) is 2.59. The van der Waals surface area contributed by atoms with Crippen LogP contribution < -0.4 is 5.32 Å². The van der Waals surface area contributed by atoms with Crippen molar-refractivity contribution in [1.29, 1.82) is 0 Å². The Bertz CT molecular complexity index is 325. The van der Waals surface area contributed by atoms with E-state index < -0.39 is 12.0 Å². The Morgan fingerprint density at radius 2 is 2.23 bits per heavy atom. The number of nitrogens with zero attached hydrogens (tertiary/aromatic N) is 2. The maximum Gasteiger partial charge on any atom is 0.452 e. The second kappa shape index (κ2) is 3.62.